The summed E-state index contributed by atoms with van der Waals surface area (Å²) in [4.78, 5) is 20.0. The second kappa shape index (κ2) is 7.01. The molecule has 2 N–H and O–H groups in total. The molecule has 6 heteroatoms. The third-order valence-electron chi connectivity index (χ3n) is 4.40. The van der Waals surface area contributed by atoms with Crippen molar-refractivity contribution in [2.24, 2.45) is 0 Å². The standard InChI is InChI=1S/C18H24N4OS/c1-13-10-20-17(24-13)21-16(23)15-6-4-14(5-7-15)11-22-9-8-19-12-18(22,2)3/h4-7,10,19H,8-9,11-12H2,1-3H3,(H,20,21,23). The first kappa shape index (κ1) is 17.1. The normalized spacial score (nSPS) is 17.6. The molecule has 1 aliphatic heterocycles. The van der Waals surface area contributed by atoms with Crippen LogP contribution in [0, 0.1) is 6.92 Å². The van der Waals surface area contributed by atoms with Crippen molar-refractivity contribution in [3.05, 3.63) is 46.5 Å². The molecule has 5 nitrogen and oxygen atoms in total. The van der Waals surface area contributed by atoms with Crippen molar-refractivity contribution in [3.8, 4) is 0 Å². The number of hydrogen-bond donors (Lipinski definition) is 2. The minimum Gasteiger partial charge on any atom is -0.314 e. The maximum atomic E-state index is 12.3. The van der Waals surface area contributed by atoms with Crippen LogP contribution in [0.15, 0.2) is 30.5 Å². The van der Waals surface area contributed by atoms with Crippen LogP contribution in [0.4, 0.5) is 5.13 Å². The summed E-state index contributed by atoms with van der Waals surface area (Å²) >= 11 is 1.48. The van der Waals surface area contributed by atoms with E-state index in [1.807, 2.05) is 31.2 Å². The first-order valence-electron chi connectivity index (χ1n) is 8.22. The number of anilines is 1. The lowest BCUT2D eigenvalue weighted by Crippen LogP contribution is -2.57. The first-order chi connectivity index (χ1) is 11.4. The summed E-state index contributed by atoms with van der Waals surface area (Å²) in [6, 6.07) is 7.86. The number of piperazine rings is 1. The van der Waals surface area contributed by atoms with Crippen LogP contribution < -0.4 is 10.6 Å². The molecule has 1 aliphatic rings. The molecule has 2 heterocycles. The number of carbonyl (C=O) groups is 1. The van der Waals surface area contributed by atoms with Gasteiger partial charge in [0, 0.05) is 48.4 Å². The summed E-state index contributed by atoms with van der Waals surface area (Å²) in [5.41, 5.74) is 2.04. The number of rotatable bonds is 4. The SMILES string of the molecule is Cc1cnc(NC(=O)c2ccc(CN3CCNCC3(C)C)cc2)s1. The maximum Gasteiger partial charge on any atom is 0.257 e. The first-order valence-corrected chi connectivity index (χ1v) is 9.04. The number of nitrogens with zero attached hydrogens (tertiary/aromatic N) is 2. The molecule has 0 atom stereocenters. The summed E-state index contributed by atoms with van der Waals surface area (Å²) in [6.07, 6.45) is 1.76. The van der Waals surface area contributed by atoms with Crippen LogP contribution in [0.1, 0.15) is 34.6 Å². The van der Waals surface area contributed by atoms with Gasteiger partial charge in [-0.1, -0.05) is 12.1 Å². The molecule has 1 saturated heterocycles. The molecule has 0 spiro atoms. The second-order valence-electron chi connectivity index (χ2n) is 6.84. The summed E-state index contributed by atoms with van der Waals surface area (Å²) in [5, 5.41) is 6.93. The van der Waals surface area contributed by atoms with Gasteiger partial charge in [0.1, 0.15) is 0 Å². The number of benzene rings is 1. The van der Waals surface area contributed by atoms with Crippen LogP contribution in [-0.2, 0) is 6.54 Å². The fourth-order valence-electron chi connectivity index (χ4n) is 2.88. The van der Waals surface area contributed by atoms with Crippen LogP contribution in [0.25, 0.3) is 0 Å². The quantitative estimate of drug-likeness (QED) is 0.895. The van der Waals surface area contributed by atoms with Crippen LogP contribution in [0.3, 0.4) is 0 Å². The van der Waals surface area contributed by atoms with Crippen LogP contribution in [-0.4, -0.2) is 41.0 Å². The van der Waals surface area contributed by atoms with Gasteiger partial charge in [-0.3, -0.25) is 15.0 Å². The average Bonchev–Trinajstić information content (AvgIpc) is 2.95. The van der Waals surface area contributed by atoms with Gasteiger partial charge in [0.15, 0.2) is 5.13 Å². The maximum absolute atomic E-state index is 12.3. The Bertz CT molecular complexity index is 708. The van der Waals surface area contributed by atoms with E-state index in [4.69, 9.17) is 0 Å². The number of carbonyl (C=O) groups excluding carboxylic acids is 1. The van der Waals surface area contributed by atoms with Crippen molar-refractivity contribution in [2.45, 2.75) is 32.9 Å². The third kappa shape index (κ3) is 4.01. The molecule has 1 aromatic carbocycles. The predicted molar refractivity (Wildman–Crippen MR) is 98.6 cm³/mol. The molecule has 0 radical (unpaired) electrons. The molecule has 1 aromatic heterocycles. The summed E-state index contributed by atoms with van der Waals surface area (Å²) in [5.74, 6) is -0.113. The molecular formula is C18H24N4OS. The lowest BCUT2D eigenvalue weighted by Gasteiger charge is -2.42. The Morgan fingerprint density at radius 3 is 2.75 bits per heavy atom. The Labute approximate surface area is 147 Å². The van der Waals surface area contributed by atoms with E-state index in [0.29, 0.717) is 10.7 Å². The van der Waals surface area contributed by atoms with Gasteiger partial charge in [0.2, 0.25) is 0 Å². The van der Waals surface area contributed by atoms with Gasteiger partial charge in [0.05, 0.1) is 0 Å². The number of aryl methyl sites for hydroxylation is 1. The number of thiazole rings is 1. The predicted octanol–water partition coefficient (Wildman–Crippen LogP) is 2.89. The lowest BCUT2D eigenvalue weighted by molar-refractivity contribution is 0.0827. The van der Waals surface area contributed by atoms with Crippen molar-refractivity contribution in [1.29, 1.82) is 0 Å². The van der Waals surface area contributed by atoms with Gasteiger partial charge in [-0.25, -0.2) is 4.98 Å². The molecule has 0 aliphatic carbocycles. The monoisotopic (exact) mass is 344 g/mol. The van der Waals surface area contributed by atoms with Gasteiger partial charge < -0.3 is 5.32 Å². The molecule has 2 aromatic rings. The van der Waals surface area contributed by atoms with Crippen molar-refractivity contribution in [2.75, 3.05) is 25.0 Å². The Balaban J connectivity index is 1.63. The van der Waals surface area contributed by atoms with E-state index in [1.54, 1.807) is 6.20 Å². The largest absolute Gasteiger partial charge is 0.314 e. The topological polar surface area (TPSA) is 57.3 Å². The summed E-state index contributed by atoms with van der Waals surface area (Å²) < 4.78 is 0. The fraction of sp³-hybridized carbons (Fsp3) is 0.444. The third-order valence-corrected chi connectivity index (χ3v) is 5.23. The lowest BCUT2D eigenvalue weighted by atomic mass is 9.99. The van der Waals surface area contributed by atoms with Crippen molar-refractivity contribution < 1.29 is 4.79 Å². The van der Waals surface area contributed by atoms with E-state index < -0.39 is 0 Å². The number of aromatic nitrogens is 1. The van der Waals surface area contributed by atoms with Crippen LogP contribution in [0.2, 0.25) is 0 Å². The van der Waals surface area contributed by atoms with E-state index >= 15 is 0 Å². The Morgan fingerprint density at radius 2 is 2.12 bits per heavy atom. The van der Waals surface area contributed by atoms with Crippen LogP contribution >= 0.6 is 11.3 Å². The smallest absolute Gasteiger partial charge is 0.257 e. The summed E-state index contributed by atoms with van der Waals surface area (Å²) in [6.45, 7) is 10.5. The summed E-state index contributed by atoms with van der Waals surface area (Å²) in [7, 11) is 0. The molecule has 0 saturated carbocycles. The number of nitrogens with one attached hydrogen (secondary N) is 2. The van der Waals surface area contributed by atoms with Gasteiger partial charge in [-0.05, 0) is 38.5 Å². The average molecular weight is 344 g/mol. The van der Waals surface area contributed by atoms with E-state index in [0.717, 1.165) is 31.1 Å². The van der Waals surface area contributed by atoms with Crippen molar-refractivity contribution in [3.63, 3.8) is 0 Å². The van der Waals surface area contributed by atoms with E-state index in [2.05, 4.69) is 34.4 Å². The Hall–Kier alpha value is -1.76. The van der Waals surface area contributed by atoms with Gasteiger partial charge in [0.25, 0.3) is 5.91 Å². The highest BCUT2D eigenvalue weighted by molar-refractivity contribution is 7.15. The van der Waals surface area contributed by atoms with Crippen LogP contribution in [0.5, 0.6) is 0 Å². The van der Waals surface area contributed by atoms with E-state index in [1.165, 1.54) is 16.9 Å². The van der Waals surface area contributed by atoms with Gasteiger partial charge in [-0.15, -0.1) is 11.3 Å². The van der Waals surface area contributed by atoms with E-state index in [-0.39, 0.29) is 11.4 Å². The number of hydrogen-bond acceptors (Lipinski definition) is 5. The second-order valence-corrected chi connectivity index (χ2v) is 8.07. The highest BCUT2D eigenvalue weighted by atomic mass is 32.1. The molecule has 24 heavy (non-hydrogen) atoms. The molecule has 3 rings (SSSR count). The molecular weight excluding hydrogens is 320 g/mol. The molecule has 0 bridgehead atoms. The zero-order valence-electron chi connectivity index (χ0n) is 14.4. The Morgan fingerprint density at radius 1 is 1.38 bits per heavy atom. The highest BCUT2D eigenvalue weighted by Crippen LogP contribution is 2.20. The molecule has 1 fully saturated rings. The minimum atomic E-state index is -0.113. The fourth-order valence-corrected chi connectivity index (χ4v) is 3.54. The van der Waals surface area contributed by atoms with Gasteiger partial charge >= 0.3 is 0 Å². The number of amides is 1. The Kier molecular flexibility index (Phi) is 4.99. The zero-order valence-corrected chi connectivity index (χ0v) is 15.2. The van der Waals surface area contributed by atoms with Crippen molar-refractivity contribution in [1.82, 2.24) is 15.2 Å². The molecule has 0 unspecified atom stereocenters. The van der Waals surface area contributed by atoms with E-state index in [9.17, 15) is 4.79 Å². The van der Waals surface area contributed by atoms with Crippen molar-refractivity contribution >= 4 is 22.4 Å². The molecule has 128 valence electrons. The highest BCUT2D eigenvalue weighted by Gasteiger charge is 2.29. The minimum absolute atomic E-state index is 0.113. The van der Waals surface area contributed by atoms with Gasteiger partial charge in [-0.2, -0.15) is 0 Å². The molecule has 1 amide bonds. The zero-order chi connectivity index (χ0) is 17.2.